The largest absolute Gasteiger partial charge is 0.462 e. The smallest absolute Gasteiger partial charge is 0.338 e. The van der Waals surface area contributed by atoms with Crippen LogP contribution >= 0.6 is 0 Å². The van der Waals surface area contributed by atoms with Crippen molar-refractivity contribution in [2.24, 2.45) is 10.4 Å². The Morgan fingerprint density at radius 3 is 1.96 bits per heavy atom. The molecule has 1 heterocycles. The number of esters is 2. The molecule has 0 aromatic heterocycles. The Morgan fingerprint density at radius 2 is 1.54 bits per heavy atom. The molecule has 0 aliphatic carbocycles. The third-order valence-electron chi connectivity index (χ3n) is 3.54. The van der Waals surface area contributed by atoms with Gasteiger partial charge in [-0.1, -0.05) is 18.2 Å². The zero-order chi connectivity index (χ0) is 18.4. The van der Waals surface area contributed by atoms with Crippen molar-refractivity contribution >= 4 is 18.2 Å². The molecule has 2 atom stereocenters. The van der Waals surface area contributed by atoms with Crippen LogP contribution in [0.2, 0.25) is 0 Å². The summed E-state index contributed by atoms with van der Waals surface area (Å²) in [7, 11) is 0. The molecule has 0 bridgehead atoms. The lowest BCUT2D eigenvalue weighted by molar-refractivity contribution is -0.155. The third-order valence-corrected chi connectivity index (χ3v) is 3.54. The molecule has 5 nitrogen and oxygen atoms in total. The molecule has 0 amide bonds. The standard InChI is InChI=1S/C19H27NO4/c1-7-9-18(16(21)23-14(3)4)11-12-19(10-8-2,20-13-18)17(22)24-15(5)6/h7-8,11-15H,1-2,9-10H2,3-6H3/t18-,19+/m0/s1. The summed E-state index contributed by atoms with van der Waals surface area (Å²) in [6.07, 6.45) is 8.12. The van der Waals surface area contributed by atoms with Gasteiger partial charge >= 0.3 is 11.9 Å². The molecule has 0 radical (unpaired) electrons. The van der Waals surface area contributed by atoms with E-state index in [1.807, 2.05) is 0 Å². The lowest BCUT2D eigenvalue weighted by atomic mass is 9.79. The molecule has 0 saturated carbocycles. The van der Waals surface area contributed by atoms with Gasteiger partial charge in [0.1, 0.15) is 5.41 Å². The lowest BCUT2D eigenvalue weighted by Gasteiger charge is -2.33. The van der Waals surface area contributed by atoms with Gasteiger partial charge in [-0.25, -0.2) is 4.79 Å². The molecule has 0 saturated heterocycles. The van der Waals surface area contributed by atoms with Gasteiger partial charge in [0.25, 0.3) is 0 Å². The average Bonchev–Trinajstić information content (AvgIpc) is 2.48. The first kappa shape index (κ1) is 19.9. The van der Waals surface area contributed by atoms with Gasteiger partial charge in [-0.05, 0) is 40.2 Å². The summed E-state index contributed by atoms with van der Waals surface area (Å²) in [6.45, 7) is 14.5. The molecular weight excluding hydrogens is 306 g/mol. The Balaban J connectivity index is 3.18. The minimum absolute atomic E-state index is 0.244. The Kier molecular flexibility index (Phi) is 6.70. The monoisotopic (exact) mass is 333 g/mol. The van der Waals surface area contributed by atoms with Crippen LogP contribution in [0.5, 0.6) is 0 Å². The van der Waals surface area contributed by atoms with Crippen LogP contribution in [0.1, 0.15) is 40.5 Å². The van der Waals surface area contributed by atoms with Gasteiger partial charge in [-0.3, -0.25) is 9.79 Å². The van der Waals surface area contributed by atoms with Gasteiger partial charge in [0, 0.05) is 12.6 Å². The van der Waals surface area contributed by atoms with Crippen molar-refractivity contribution in [1.29, 1.82) is 0 Å². The van der Waals surface area contributed by atoms with E-state index in [1.165, 1.54) is 6.21 Å². The van der Waals surface area contributed by atoms with Gasteiger partial charge in [0.2, 0.25) is 0 Å². The highest BCUT2D eigenvalue weighted by atomic mass is 16.5. The fraction of sp³-hybridized carbons (Fsp3) is 0.526. The molecule has 5 heteroatoms. The minimum Gasteiger partial charge on any atom is -0.462 e. The Labute approximate surface area is 144 Å². The number of carbonyl (C=O) groups is 2. The summed E-state index contributed by atoms with van der Waals surface area (Å²) in [4.78, 5) is 29.4. The molecule has 0 fully saturated rings. The Hall–Kier alpha value is -2.17. The first-order chi connectivity index (χ1) is 11.2. The SMILES string of the molecule is C=CC[C@]1(C(=O)OC(C)C)C=C[C@](CC=C)(C(=O)OC(C)C)N=C1. The topological polar surface area (TPSA) is 65.0 Å². The molecule has 1 aliphatic rings. The fourth-order valence-corrected chi connectivity index (χ4v) is 2.35. The van der Waals surface area contributed by atoms with Crippen LogP contribution in [0.15, 0.2) is 42.5 Å². The molecule has 0 unspecified atom stereocenters. The molecule has 24 heavy (non-hydrogen) atoms. The van der Waals surface area contributed by atoms with E-state index in [9.17, 15) is 9.59 Å². The second-order valence-electron chi connectivity index (χ2n) is 6.45. The van der Waals surface area contributed by atoms with Crippen molar-refractivity contribution in [3.05, 3.63) is 37.5 Å². The molecule has 0 spiro atoms. The molecule has 0 aromatic rings. The second-order valence-corrected chi connectivity index (χ2v) is 6.45. The second kappa shape index (κ2) is 8.08. The molecule has 0 aromatic carbocycles. The van der Waals surface area contributed by atoms with Gasteiger partial charge < -0.3 is 9.47 Å². The minimum atomic E-state index is -1.19. The van der Waals surface area contributed by atoms with E-state index in [1.54, 1.807) is 52.0 Å². The van der Waals surface area contributed by atoms with Gasteiger partial charge in [0.05, 0.1) is 12.2 Å². The molecular formula is C19H27NO4. The fourth-order valence-electron chi connectivity index (χ4n) is 2.35. The van der Waals surface area contributed by atoms with Crippen molar-refractivity contribution in [2.75, 3.05) is 0 Å². The van der Waals surface area contributed by atoms with E-state index < -0.39 is 22.9 Å². The zero-order valence-electron chi connectivity index (χ0n) is 15.0. The number of ether oxygens (including phenoxy) is 2. The predicted octanol–water partition coefficient (Wildman–Crippen LogP) is 3.41. The maximum Gasteiger partial charge on any atom is 0.338 e. The van der Waals surface area contributed by atoms with Crippen molar-refractivity contribution in [2.45, 2.75) is 58.3 Å². The highest BCUT2D eigenvalue weighted by Gasteiger charge is 2.45. The third kappa shape index (κ3) is 4.43. The van der Waals surface area contributed by atoms with E-state index in [0.717, 1.165) is 0 Å². The number of hydrogen-bond acceptors (Lipinski definition) is 5. The van der Waals surface area contributed by atoms with E-state index >= 15 is 0 Å². The zero-order valence-corrected chi connectivity index (χ0v) is 15.0. The van der Waals surface area contributed by atoms with Crippen LogP contribution < -0.4 is 0 Å². The van der Waals surface area contributed by atoms with E-state index in [-0.39, 0.29) is 18.6 Å². The maximum absolute atomic E-state index is 12.5. The number of allylic oxidation sites excluding steroid dienone is 1. The number of rotatable bonds is 8. The number of nitrogens with zero attached hydrogens (tertiary/aromatic N) is 1. The van der Waals surface area contributed by atoms with E-state index in [2.05, 4.69) is 18.2 Å². The lowest BCUT2D eigenvalue weighted by Crippen LogP contribution is -2.44. The number of hydrogen-bond donors (Lipinski definition) is 0. The van der Waals surface area contributed by atoms with Crippen LogP contribution in [0, 0.1) is 5.41 Å². The molecule has 0 N–H and O–H groups in total. The van der Waals surface area contributed by atoms with Crippen LogP contribution in [-0.4, -0.2) is 35.9 Å². The van der Waals surface area contributed by atoms with Gasteiger partial charge in [0.15, 0.2) is 5.54 Å². The highest BCUT2D eigenvalue weighted by Crippen LogP contribution is 2.34. The maximum atomic E-state index is 12.5. The van der Waals surface area contributed by atoms with Crippen LogP contribution in [-0.2, 0) is 19.1 Å². The van der Waals surface area contributed by atoms with Crippen molar-refractivity contribution in [1.82, 2.24) is 0 Å². The predicted molar refractivity (Wildman–Crippen MR) is 94.9 cm³/mol. The first-order valence-corrected chi connectivity index (χ1v) is 8.12. The van der Waals surface area contributed by atoms with Gasteiger partial charge in [-0.15, -0.1) is 13.2 Å². The quantitative estimate of drug-likeness (QED) is 0.504. The van der Waals surface area contributed by atoms with Gasteiger partial charge in [-0.2, -0.15) is 0 Å². The summed E-state index contributed by atoms with van der Waals surface area (Å²) >= 11 is 0. The molecule has 132 valence electrons. The Morgan fingerprint density at radius 1 is 1.00 bits per heavy atom. The number of carbonyl (C=O) groups excluding carboxylic acids is 2. The summed E-state index contributed by atoms with van der Waals surface area (Å²) < 4.78 is 10.6. The van der Waals surface area contributed by atoms with Crippen molar-refractivity contribution in [3.8, 4) is 0 Å². The number of aliphatic imine (C=N–C) groups is 1. The summed E-state index contributed by atoms with van der Waals surface area (Å²) in [5.74, 6) is -0.879. The summed E-state index contributed by atoms with van der Waals surface area (Å²) in [6, 6.07) is 0. The first-order valence-electron chi connectivity index (χ1n) is 8.12. The van der Waals surface area contributed by atoms with Crippen LogP contribution in [0.3, 0.4) is 0 Å². The summed E-state index contributed by atoms with van der Waals surface area (Å²) in [5, 5.41) is 0. The van der Waals surface area contributed by atoms with Crippen LogP contribution in [0.25, 0.3) is 0 Å². The van der Waals surface area contributed by atoms with Crippen molar-refractivity contribution < 1.29 is 19.1 Å². The average molecular weight is 333 g/mol. The normalized spacial score (nSPS) is 25.6. The molecule has 1 rings (SSSR count). The Bertz CT molecular complexity index is 496. The summed E-state index contributed by atoms with van der Waals surface area (Å²) in [5.41, 5.74) is -2.23. The van der Waals surface area contributed by atoms with E-state index in [4.69, 9.17) is 9.47 Å². The number of dihydropyridines is 1. The van der Waals surface area contributed by atoms with Crippen molar-refractivity contribution in [3.63, 3.8) is 0 Å². The highest BCUT2D eigenvalue weighted by molar-refractivity contribution is 6.01. The van der Waals surface area contributed by atoms with Crippen LogP contribution in [0.4, 0.5) is 0 Å². The molecule has 1 aliphatic heterocycles. The van der Waals surface area contributed by atoms with E-state index in [0.29, 0.717) is 6.42 Å².